The van der Waals surface area contributed by atoms with Crippen LogP contribution in [-0.4, -0.2) is 18.6 Å². The summed E-state index contributed by atoms with van der Waals surface area (Å²) in [5.74, 6) is 0.868. The molecule has 1 N–H and O–H groups in total. The first-order valence-electron chi connectivity index (χ1n) is 6.09. The van der Waals surface area contributed by atoms with Crippen LogP contribution in [0.3, 0.4) is 0 Å². The Morgan fingerprint density at radius 3 is 2.94 bits per heavy atom. The number of hydrogen-bond acceptors (Lipinski definition) is 4. The molecule has 1 aromatic heterocycles. The van der Waals surface area contributed by atoms with Gasteiger partial charge in [-0.3, -0.25) is 0 Å². The van der Waals surface area contributed by atoms with Gasteiger partial charge in [-0.15, -0.1) is 11.3 Å². The van der Waals surface area contributed by atoms with Gasteiger partial charge in [-0.1, -0.05) is 18.6 Å². The van der Waals surface area contributed by atoms with Crippen molar-refractivity contribution < 1.29 is 4.74 Å². The zero-order valence-electron chi connectivity index (χ0n) is 11.0. The molecule has 0 spiro atoms. The van der Waals surface area contributed by atoms with Gasteiger partial charge in [0.2, 0.25) is 0 Å². The molecule has 0 saturated carbocycles. The minimum Gasteiger partial charge on any atom is -0.496 e. The second-order valence-electron chi connectivity index (χ2n) is 4.17. The molecule has 0 saturated heterocycles. The first-order chi connectivity index (χ1) is 8.74. The fraction of sp³-hybridized carbons (Fsp3) is 0.357. The van der Waals surface area contributed by atoms with Crippen molar-refractivity contribution in [2.45, 2.75) is 20.3 Å². The highest BCUT2D eigenvalue weighted by atomic mass is 32.1. The molecule has 4 heteroatoms. The van der Waals surface area contributed by atoms with E-state index in [1.54, 1.807) is 18.4 Å². The fourth-order valence-corrected chi connectivity index (χ4v) is 2.47. The Morgan fingerprint density at radius 1 is 1.39 bits per heavy atom. The van der Waals surface area contributed by atoms with Gasteiger partial charge in [0.15, 0.2) is 5.13 Å². The number of hydrogen-bond donors (Lipinski definition) is 1. The Labute approximate surface area is 112 Å². The zero-order valence-corrected chi connectivity index (χ0v) is 11.8. The number of aryl methyl sites for hydroxylation is 1. The highest BCUT2D eigenvalue weighted by Crippen LogP contribution is 2.32. The molecule has 96 valence electrons. The fourth-order valence-electron chi connectivity index (χ4n) is 1.73. The minimum atomic E-state index is 0.868. The second-order valence-corrected chi connectivity index (χ2v) is 5.03. The van der Waals surface area contributed by atoms with Gasteiger partial charge in [-0.05, 0) is 25.5 Å². The van der Waals surface area contributed by atoms with Crippen LogP contribution in [0, 0.1) is 6.92 Å². The lowest BCUT2D eigenvalue weighted by Crippen LogP contribution is -1.98. The van der Waals surface area contributed by atoms with Crippen LogP contribution in [0.1, 0.15) is 18.9 Å². The number of thiazole rings is 1. The Bertz CT molecular complexity index is 522. The van der Waals surface area contributed by atoms with Crippen LogP contribution in [0.5, 0.6) is 5.75 Å². The van der Waals surface area contributed by atoms with Crippen LogP contribution < -0.4 is 10.1 Å². The SMILES string of the molecule is CCCNc1nc(-c2cc(C)ccc2OC)cs1. The third kappa shape index (κ3) is 2.82. The van der Waals surface area contributed by atoms with Gasteiger partial charge in [0.25, 0.3) is 0 Å². The number of rotatable bonds is 5. The molecule has 0 aliphatic carbocycles. The van der Waals surface area contributed by atoms with Crippen LogP contribution in [0.15, 0.2) is 23.6 Å². The van der Waals surface area contributed by atoms with Crippen LogP contribution in [-0.2, 0) is 0 Å². The maximum atomic E-state index is 5.39. The maximum absolute atomic E-state index is 5.39. The molecule has 0 unspecified atom stereocenters. The number of nitrogens with zero attached hydrogens (tertiary/aromatic N) is 1. The van der Waals surface area contributed by atoms with E-state index in [9.17, 15) is 0 Å². The Balaban J connectivity index is 2.30. The summed E-state index contributed by atoms with van der Waals surface area (Å²) in [6, 6.07) is 6.14. The van der Waals surface area contributed by atoms with E-state index < -0.39 is 0 Å². The third-order valence-electron chi connectivity index (χ3n) is 2.66. The topological polar surface area (TPSA) is 34.2 Å². The van der Waals surface area contributed by atoms with Crippen molar-refractivity contribution in [2.75, 3.05) is 19.0 Å². The molecule has 0 atom stereocenters. The molecule has 0 aliphatic heterocycles. The highest BCUT2D eigenvalue weighted by molar-refractivity contribution is 7.14. The van der Waals surface area contributed by atoms with Gasteiger partial charge in [-0.2, -0.15) is 0 Å². The van der Waals surface area contributed by atoms with Gasteiger partial charge in [0.05, 0.1) is 12.8 Å². The van der Waals surface area contributed by atoms with Crippen molar-refractivity contribution >= 4 is 16.5 Å². The van der Waals surface area contributed by atoms with E-state index in [2.05, 4.69) is 35.6 Å². The van der Waals surface area contributed by atoms with E-state index >= 15 is 0 Å². The normalized spacial score (nSPS) is 10.4. The van der Waals surface area contributed by atoms with Crippen molar-refractivity contribution in [3.63, 3.8) is 0 Å². The molecule has 0 amide bonds. The maximum Gasteiger partial charge on any atom is 0.183 e. The van der Waals surface area contributed by atoms with Crippen LogP contribution in [0.2, 0.25) is 0 Å². The van der Waals surface area contributed by atoms with Crippen molar-refractivity contribution in [1.82, 2.24) is 4.98 Å². The van der Waals surface area contributed by atoms with Gasteiger partial charge in [0, 0.05) is 17.5 Å². The molecule has 0 fully saturated rings. The largest absolute Gasteiger partial charge is 0.496 e. The molecule has 0 aliphatic rings. The Hall–Kier alpha value is -1.55. The summed E-state index contributed by atoms with van der Waals surface area (Å²) in [5, 5.41) is 6.34. The third-order valence-corrected chi connectivity index (χ3v) is 3.46. The lowest BCUT2D eigenvalue weighted by Gasteiger charge is -2.07. The van der Waals surface area contributed by atoms with Gasteiger partial charge >= 0.3 is 0 Å². The first kappa shape index (κ1) is 12.9. The molecular weight excluding hydrogens is 244 g/mol. The number of aromatic nitrogens is 1. The predicted octanol–water partition coefficient (Wildman–Crippen LogP) is 3.95. The van der Waals surface area contributed by atoms with E-state index in [0.29, 0.717) is 0 Å². The summed E-state index contributed by atoms with van der Waals surface area (Å²) < 4.78 is 5.39. The van der Waals surface area contributed by atoms with E-state index in [4.69, 9.17) is 4.74 Å². The average molecular weight is 262 g/mol. The monoisotopic (exact) mass is 262 g/mol. The van der Waals surface area contributed by atoms with E-state index in [0.717, 1.165) is 35.1 Å². The second kappa shape index (κ2) is 5.87. The van der Waals surface area contributed by atoms with Crippen molar-refractivity contribution in [2.24, 2.45) is 0 Å². The number of methoxy groups -OCH3 is 1. The summed E-state index contributed by atoms with van der Waals surface area (Å²) in [7, 11) is 1.69. The van der Waals surface area contributed by atoms with Gasteiger partial charge in [0.1, 0.15) is 5.75 Å². The van der Waals surface area contributed by atoms with E-state index in [1.807, 2.05) is 12.1 Å². The van der Waals surface area contributed by atoms with Crippen molar-refractivity contribution in [3.05, 3.63) is 29.1 Å². The van der Waals surface area contributed by atoms with E-state index in [-0.39, 0.29) is 0 Å². The van der Waals surface area contributed by atoms with Crippen molar-refractivity contribution in [3.8, 4) is 17.0 Å². The number of benzene rings is 1. The molecule has 1 aromatic carbocycles. The molecule has 18 heavy (non-hydrogen) atoms. The van der Waals surface area contributed by atoms with Crippen molar-refractivity contribution in [1.29, 1.82) is 0 Å². The van der Waals surface area contributed by atoms with Crippen LogP contribution in [0.4, 0.5) is 5.13 Å². The lowest BCUT2D eigenvalue weighted by molar-refractivity contribution is 0.416. The number of nitrogens with one attached hydrogen (secondary N) is 1. The predicted molar refractivity (Wildman–Crippen MR) is 77.6 cm³/mol. The quantitative estimate of drug-likeness (QED) is 0.886. The lowest BCUT2D eigenvalue weighted by atomic mass is 10.1. The molecule has 3 nitrogen and oxygen atoms in total. The van der Waals surface area contributed by atoms with Gasteiger partial charge in [-0.25, -0.2) is 4.98 Å². The minimum absolute atomic E-state index is 0.868. The first-order valence-corrected chi connectivity index (χ1v) is 6.97. The smallest absolute Gasteiger partial charge is 0.183 e. The Kier molecular flexibility index (Phi) is 4.20. The molecule has 0 bridgehead atoms. The molecule has 1 heterocycles. The number of ether oxygens (including phenoxy) is 1. The summed E-state index contributed by atoms with van der Waals surface area (Å²) >= 11 is 1.63. The number of anilines is 1. The molecule has 0 radical (unpaired) electrons. The molecule has 2 aromatic rings. The van der Waals surface area contributed by atoms with Crippen LogP contribution >= 0.6 is 11.3 Å². The zero-order chi connectivity index (χ0) is 13.0. The summed E-state index contributed by atoms with van der Waals surface area (Å²) in [5.41, 5.74) is 3.24. The van der Waals surface area contributed by atoms with Gasteiger partial charge < -0.3 is 10.1 Å². The standard InChI is InChI=1S/C14H18N2OS/c1-4-7-15-14-16-12(9-18-14)11-8-10(2)5-6-13(11)17-3/h5-6,8-9H,4,7H2,1-3H3,(H,15,16). The Morgan fingerprint density at radius 2 is 2.22 bits per heavy atom. The highest BCUT2D eigenvalue weighted by Gasteiger charge is 2.09. The van der Waals surface area contributed by atoms with E-state index in [1.165, 1.54) is 5.56 Å². The average Bonchev–Trinajstić information content (AvgIpc) is 2.85. The summed E-state index contributed by atoms with van der Waals surface area (Å²) in [6.45, 7) is 5.18. The van der Waals surface area contributed by atoms with Crippen LogP contribution in [0.25, 0.3) is 11.3 Å². The molecule has 2 rings (SSSR count). The summed E-state index contributed by atoms with van der Waals surface area (Å²) in [6.07, 6.45) is 1.10. The molecular formula is C14H18N2OS. The summed E-state index contributed by atoms with van der Waals surface area (Å²) in [4.78, 5) is 4.60.